The van der Waals surface area contributed by atoms with Gasteiger partial charge in [-0.3, -0.25) is 4.90 Å². The minimum absolute atomic E-state index is 0.102. The van der Waals surface area contributed by atoms with E-state index in [0.717, 1.165) is 11.1 Å². The van der Waals surface area contributed by atoms with Gasteiger partial charge in [0, 0.05) is 42.9 Å². The van der Waals surface area contributed by atoms with Crippen molar-refractivity contribution in [3.63, 3.8) is 0 Å². The van der Waals surface area contributed by atoms with E-state index in [9.17, 15) is 9.90 Å². The molecule has 1 atom stereocenters. The zero-order valence-electron chi connectivity index (χ0n) is 20.4. The molecule has 0 aromatic heterocycles. The number of methoxy groups -OCH3 is 1. The summed E-state index contributed by atoms with van der Waals surface area (Å²) < 4.78 is 27.8. The Morgan fingerprint density at radius 3 is 2.71 bits per heavy atom. The third-order valence-corrected chi connectivity index (χ3v) is 7.12. The molecule has 34 heavy (non-hydrogen) atoms. The fourth-order valence-corrected chi connectivity index (χ4v) is 5.04. The van der Waals surface area contributed by atoms with Crippen LogP contribution in [0.3, 0.4) is 0 Å². The monoisotopic (exact) mass is 482 g/mol. The molecule has 1 fully saturated rings. The molecule has 1 amide bonds. The number of nitrogens with zero attached hydrogens (tertiary/aromatic N) is 2. The molecular formula is C26H31FN2O4Si. The van der Waals surface area contributed by atoms with E-state index >= 15 is 4.39 Å². The molecule has 2 heterocycles. The Bertz CT molecular complexity index is 1180. The minimum Gasteiger partial charge on any atom is -0.496 e. The average Bonchev–Trinajstić information content (AvgIpc) is 2.95. The Morgan fingerprint density at radius 1 is 1.26 bits per heavy atom. The molecule has 0 aliphatic carbocycles. The summed E-state index contributed by atoms with van der Waals surface area (Å²) in [5.74, 6) is 4.11. The number of halogens is 1. The Morgan fingerprint density at radius 2 is 2.03 bits per heavy atom. The predicted octanol–water partition coefficient (Wildman–Crippen LogP) is 4.60. The van der Waals surface area contributed by atoms with Crippen LogP contribution >= 0.6 is 0 Å². The number of hydrogen-bond acceptors (Lipinski definition) is 4. The highest BCUT2D eigenvalue weighted by Gasteiger charge is 2.34. The van der Waals surface area contributed by atoms with Crippen molar-refractivity contribution < 1.29 is 23.8 Å². The molecule has 8 heteroatoms. The van der Waals surface area contributed by atoms with Crippen LogP contribution in [0, 0.1) is 24.2 Å². The number of amides is 1. The fraction of sp³-hybridized carbons (Fsp3) is 0.423. The van der Waals surface area contributed by atoms with Crippen LogP contribution in [0.25, 0.3) is 11.1 Å². The highest BCUT2D eigenvalue weighted by atomic mass is 28.3. The van der Waals surface area contributed by atoms with E-state index in [1.54, 1.807) is 13.2 Å². The second-order valence-corrected chi connectivity index (χ2v) is 14.7. The zero-order chi connectivity index (χ0) is 24.6. The summed E-state index contributed by atoms with van der Waals surface area (Å²) in [7, 11) is -0.201. The van der Waals surface area contributed by atoms with Gasteiger partial charge < -0.3 is 19.5 Å². The lowest BCUT2D eigenvalue weighted by atomic mass is 9.92. The number of carboxylic acid groups (broad SMARTS) is 1. The molecule has 1 N–H and O–H groups in total. The third-order valence-electron chi connectivity index (χ3n) is 6.24. The topological polar surface area (TPSA) is 62.2 Å². The van der Waals surface area contributed by atoms with E-state index in [1.807, 2.05) is 25.1 Å². The van der Waals surface area contributed by atoms with Gasteiger partial charge in [0.1, 0.15) is 32.0 Å². The predicted molar refractivity (Wildman–Crippen MR) is 133 cm³/mol. The lowest BCUT2D eigenvalue weighted by Gasteiger charge is -2.38. The standard InChI is InChI=1S/C26H31FN2O4Si/c1-17-7-6-8-22(32-2)23(17)24-20(9-12-34(3,4)5)25-18(13-21(24)27)14-28-10-11-29(26(30)31)15-19(28)16-33-25/h6-8,13,19H,10-11,14-16H2,1-5H3,(H,30,31)/t19-/m1/s1. The molecule has 6 nitrogen and oxygen atoms in total. The molecule has 2 aromatic rings. The molecule has 0 bridgehead atoms. The van der Waals surface area contributed by atoms with E-state index in [0.29, 0.717) is 61.0 Å². The zero-order valence-corrected chi connectivity index (χ0v) is 21.4. The van der Waals surface area contributed by atoms with Gasteiger partial charge in [-0.1, -0.05) is 37.7 Å². The quantitative estimate of drug-likeness (QED) is 0.501. The Balaban J connectivity index is 1.89. The van der Waals surface area contributed by atoms with Crippen molar-refractivity contribution in [2.45, 2.75) is 39.2 Å². The van der Waals surface area contributed by atoms with Gasteiger partial charge in [-0.15, -0.1) is 5.54 Å². The van der Waals surface area contributed by atoms with Gasteiger partial charge >= 0.3 is 6.09 Å². The second kappa shape index (κ2) is 9.32. The lowest BCUT2D eigenvalue weighted by Crippen LogP contribution is -2.55. The summed E-state index contributed by atoms with van der Waals surface area (Å²) in [5.41, 5.74) is 6.62. The van der Waals surface area contributed by atoms with E-state index in [2.05, 4.69) is 36.0 Å². The summed E-state index contributed by atoms with van der Waals surface area (Å²) >= 11 is 0. The summed E-state index contributed by atoms with van der Waals surface area (Å²) in [6, 6.07) is 7.08. The van der Waals surface area contributed by atoms with Crippen LogP contribution < -0.4 is 9.47 Å². The maximum Gasteiger partial charge on any atom is 0.407 e. The number of carbonyl (C=O) groups is 1. The third kappa shape index (κ3) is 4.77. The molecule has 4 rings (SSSR count). The number of benzene rings is 2. The van der Waals surface area contributed by atoms with Gasteiger partial charge in [0.15, 0.2) is 0 Å². The van der Waals surface area contributed by atoms with Crippen molar-refractivity contribution in [2.24, 2.45) is 0 Å². The first-order valence-electron chi connectivity index (χ1n) is 11.5. The SMILES string of the molecule is COc1cccc(C)c1-c1c(F)cc2c(c1C#C[Si](C)(C)C)OC[C@H]1CN(C(=O)O)CCN1C2. The number of ether oxygens (including phenoxy) is 2. The van der Waals surface area contributed by atoms with Crippen LogP contribution in [0.5, 0.6) is 11.5 Å². The van der Waals surface area contributed by atoms with Crippen LogP contribution in [-0.2, 0) is 6.54 Å². The first kappa shape index (κ1) is 24.1. The number of fused-ring (bicyclic) bond motifs is 2. The van der Waals surface area contributed by atoms with Gasteiger partial charge in [0.25, 0.3) is 0 Å². The number of piperazine rings is 1. The van der Waals surface area contributed by atoms with Crippen molar-refractivity contribution in [3.05, 3.63) is 46.8 Å². The van der Waals surface area contributed by atoms with Gasteiger partial charge in [-0.25, -0.2) is 9.18 Å². The minimum atomic E-state index is -1.78. The van der Waals surface area contributed by atoms with Crippen LogP contribution in [-0.4, -0.2) is 68.5 Å². The largest absolute Gasteiger partial charge is 0.496 e. The first-order chi connectivity index (χ1) is 16.1. The van der Waals surface area contributed by atoms with Crippen molar-refractivity contribution in [2.75, 3.05) is 33.4 Å². The van der Waals surface area contributed by atoms with E-state index < -0.39 is 14.2 Å². The summed E-state index contributed by atoms with van der Waals surface area (Å²) in [6.45, 7) is 10.5. The molecule has 2 aliphatic rings. The molecule has 180 valence electrons. The molecule has 0 radical (unpaired) electrons. The van der Waals surface area contributed by atoms with Crippen LogP contribution in [0.1, 0.15) is 16.7 Å². The first-order valence-corrected chi connectivity index (χ1v) is 15.0. The van der Waals surface area contributed by atoms with Crippen molar-refractivity contribution in [1.82, 2.24) is 9.80 Å². The number of rotatable bonds is 2. The smallest absolute Gasteiger partial charge is 0.407 e. The lowest BCUT2D eigenvalue weighted by molar-refractivity contribution is 0.0503. The van der Waals surface area contributed by atoms with Crippen LogP contribution in [0.15, 0.2) is 24.3 Å². The molecule has 2 aliphatic heterocycles. The molecule has 0 unspecified atom stereocenters. The Kier molecular flexibility index (Phi) is 6.61. The van der Waals surface area contributed by atoms with Crippen LogP contribution in [0.4, 0.5) is 9.18 Å². The van der Waals surface area contributed by atoms with E-state index in [1.165, 1.54) is 4.90 Å². The summed E-state index contributed by atoms with van der Waals surface area (Å²) in [4.78, 5) is 15.1. The van der Waals surface area contributed by atoms with Crippen molar-refractivity contribution in [1.29, 1.82) is 0 Å². The maximum atomic E-state index is 15.9. The maximum absolute atomic E-state index is 15.9. The van der Waals surface area contributed by atoms with Crippen molar-refractivity contribution in [3.8, 4) is 34.1 Å². The van der Waals surface area contributed by atoms with E-state index in [-0.39, 0.29) is 11.9 Å². The normalized spacial score (nSPS) is 18.1. The van der Waals surface area contributed by atoms with Gasteiger partial charge in [-0.05, 0) is 24.6 Å². The van der Waals surface area contributed by atoms with Gasteiger partial charge in [0.2, 0.25) is 0 Å². The Labute approximate surface area is 201 Å². The highest BCUT2D eigenvalue weighted by molar-refractivity contribution is 6.83. The number of aryl methyl sites for hydroxylation is 1. The highest BCUT2D eigenvalue weighted by Crippen LogP contribution is 2.43. The summed E-state index contributed by atoms with van der Waals surface area (Å²) in [5, 5.41) is 9.43. The molecule has 0 saturated carbocycles. The van der Waals surface area contributed by atoms with E-state index in [4.69, 9.17) is 9.47 Å². The number of hydrogen-bond donors (Lipinski definition) is 1. The van der Waals surface area contributed by atoms with Crippen LogP contribution in [0.2, 0.25) is 19.6 Å². The van der Waals surface area contributed by atoms with Gasteiger partial charge in [-0.2, -0.15) is 0 Å². The average molecular weight is 483 g/mol. The van der Waals surface area contributed by atoms with Gasteiger partial charge in [0.05, 0.1) is 18.7 Å². The Hall–Kier alpha value is -3.02. The fourth-order valence-electron chi connectivity index (χ4n) is 4.54. The summed E-state index contributed by atoms with van der Waals surface area (Å²) in [6.07, 6.45) is -0.928. The molecule has 0 spiro atoms. The molecular weight excluding hydrogens is 451 g/mol. The molecule has 1 saturated heterocycles. The second-order valence-electron chi connectivity index (χ2n) is 9.91. The van der Waals surface area contributed by atoms with Crippen molar-refractivity contribution >= 4 is 14.2 Å². The molecule has 2 aromatic carbocycles.